The summed E-state index contributed by atoms with van der Waals surface area (Å²) in [6.07, 6.45) is 0. The minimum absolute atomic E-state index is 0.111. The fraction of sp³-hybridized carbons (Fsp3) is 0.200. The monoisotopic (exact) mass is 359 g/mol. The second-order valence-corrected chi connectivity index (χ2v) is 5.55. The molecule has 0 aliphatic heterocycles. The fourth-order valence-corrected chi connectivity index (χ4v) is 2.51. The number of benzene rings is 2. The van der Waals surface area contributed by atoms with Gasteiger partial charge in [-0.1, -0.05) is 17.8 Å². The van der Waals surface area contributed by atoms with E-state index in [4.69, 9.17) is 9.47 Å². The lowest BCUT2D eigenvalue weighted by atomic mass is 10.2. The van der Waals surface area contributed by atoms with Crippen molar-refractivity contribution in [1.29, 1.82) is 0 Å². The molecule has 0 fully saturated rings. The average molecular weight is 359 g/mol. The quantitative estimate of drug-likeness (QED) is 0.410. The standard InChI is InChI=1S/C15H12F3NO4S/c1-22-13-6-9(2-5-14(13)24-15(17)18)8-23-12-7-10(16)3-4-11(12)19(20)21/h2-7,15H,8H2,1H3. The SMILES string of the molecule is COc1cc(COc2cc(F)ccc2[N+](=O)[O-])ccc1SC(F)F. The molecule has 0 aliphatic carbocycles. The summed E-state index contributed by atoms with van der Waals surface area (Å²) in [4.78, 5) is 10.5. The van der Waals surface area contributed by atoms with Gasteiger partial charge in [-0.2, -0.15) is 8.78 Å². The molecular formula is C15H12F3NO4S. The Bertz CT molecular complexity index is 743. The van der Waals surface area contributed by atoms with Crippen molar-refractivity contribution in [2.75, 3.05) is 7.11 Å². The molecule has 0 amide bonds. The van der Waals surface area contributed by atoms with E-state index >= 15 is 0 Å². The second kappa shape index (κ2) is 7.91. The molecule has 0 unspecified atom stereocenters. The molecule has 9 heteroatoms. The van der Waals surface area contributed by atoms with E-state index in [1.807, 2.05) is 0 Å². The molecule has 0 aliphatic rings. The van der Waals surface area contributed by atoms with Crippen LogP contribution in [0.2, 0.25) is 0 Å². The van der Waals surface area contributed by atoms with Crippen molar-refractivity contribution in [2.45, 2.75) is 17.3 Å². The minimum atomic E-state index is -2.59. The molecule has 0 heterocycles. The molecular weight excluding hydrogens is 347 g/mol. The minimum Gasteiger partial charge on any atom is -0.496 e. The maximum Gasteiger partial charge on any atom is 0.311 e. The highest BCUT2D eigenvalue weighted by molar-refractivity contribution is 7.99. The second-order valence-electron chi connectivity index (χ2n) is 4.52. The van der Waals surface area contributed by atoms with Gasteiger partial charge in [0, 0.05) is 12.1 Å². The van der Waals surface area contributed by atoms with E-state index in [1.165, 1.54) is 25.3 Å². The summed E-state index contributed by atoms with van der Waals surface area (Å²) in [7, 11) is 1.34. The van der Waals surface area contributed by atoms with Gasteiger partial charge in [-0.15, -0.1) is 0 Å². The Morgan fingerprint density at radius 1 is 1.21 bits per heavy atom. The summed E-state index contributed by atoms with van der Waals surface area (Å²) in [6.45, 7) is -0.111. The Kier molecular flexibility index (Phi) is 5.91. The third-order valence-corrected chi connectivity index (χ3v) is 3.73. The Labute approximate surface area is 139 Å². The van der Waals surface area contributed by atoms with Crippen molar-refractivity contribution < 1.29 is 27.6 Å². The number of nitro groups is 1. The zero-order chi connectivity index (χ0) is 17.7. The van der Waals surface area contributed by atoms with Crippen LogP contribution in [-0.4, -0.2) is 17.8 Å². The normalized spacial score (nSPS) is 10.7. The highest BCUT2D eigenvalue weighted by Crippen LogP contribution is 2.34. The molecule has 24 heavy (non-hydrogen) atoms. The van der Waals surface area contributed by atoms with Crippen LogP contribution in [0.1, 0.15) is 5.56 Å². The zero-order valence-electron chi connectivity index (χ0n) is 12.4. The summed E-state index contributed by atoms with van der Waals surface area (Å²) < 4.78 is 48.5. The number of hydrogen-bond acceptors (Lipinski definition) is 5. The molecule has 0 spiro atoms. The number of rotatable bonds is 7. The first-order valence-electron chi connectivity index (χ1n) is 6.59. The number of methoxy groups -OCH3 is 1. The smallest absolute Gasteiger partial charge is 0.311 e. The van der Waals surface area contributed by atoms with Gasteiger partial charge < -0.3 is 9.47 Å². The molecule has 128 valence electrons. The summed E-state index contributed by atoms with van der Waals surface area (Å²) in [5, 5.41) is 10.9. The van der Waals surface area contributed by atoms with Gasteiger partial charge in [0.1, 0.15) is 18.2 Å². The van der Waals surface area contributed by atoms with Crippen LogP contribution in [0.4, 0.5) is 18.9 Å². The van der Waals surface area contributed by atoms with Gasteiger partial charge in [-0.05, 0) is 23.8 Å². The Hall–Kier alpha value is -2.42. The van der Waals surface area contributed by atoms with Crippen molar-refractivity contribution >= 4 is 17.4 Å². The van der Waals surface area contributed by atoms with E-state index in [2.05, 4.69) is 0 Å². The highest BCUT2D eigenvalue weighted by Gasteiger charge is 2.17. The van der Waals surface area contributed by atoms with Crippen LogP contribution in [0, 0.1) is 15.9 Å². The molecule has 2 aromatic rings. The first kappa shape index (κ1) is 17.9. The first-order chi connectivity index (χ1) is 11.4. The van der Waals surface area contributed by atoms with Gasteiger partial charge in [0.15, 0.2) is 5.75 Å². The molecule has 0 N–H and O–H groups in total. The Balaban J connectivity index is 2.18. The Morgan fingerprint density at radius 2 is 1.96 bits per heavy atom. The number of thioether (sulfide) groups is 1. The van der Waals surface area contributed by atoms with Crippen molar-refractivity contribution in [1.82, 2.24) is 0 Å². The van der Waals surface area contributed by atoms with Crippen molar-refractivity contribution in [3.8, 4) is 11.5 Å². The summed E-state index contributed by atoms with van der Waals surface area (Å²) in [5.74, 6) is -3.24. The number of hydrogen-bond donors (Lipinski definition) is 0. The van der Waals surface area contributed by atoms with Gasteiger partial charge in [0.2, 0.25) is 0 Å². The van der Waals surface area contributed by atoms with Gasteiger partial charge in [-0.25, -0.2) is 4.39 Å². The third-order valence-electron chi connectivity index (χ3n) is 2.96. The highest BCUT2D eigenvalue weighted by atomic mass is 32.2. The van der Waals surface area contributed by atoms with E-state index in [0.29, 0.717) is 17.3 Å². The predicted octanol–water partition coefficient (Wildman–Crippen LogP) is 4.64. The Morgan fingerprint density at radius 3 is 2.58 bits per heavy atom. The van der Waals surface area contributed by atoms with Crippen LogP contribution in [-0.2, 0) is 6.61 Å². The lowest BCUT2D eigenvalue weighted by molar-refractivity contribution is -0.386. The molecule has 0 saturated carbocycles. The molecule has 5 nitrogen and oxygen atoms in total. The van der Waals surface area contributed by atoms with E-state index < -0.39 is 16.5 Å². The van der Waals surface area contributed by atoms with Crippen molar-refractivity contribution in [3.05, 3.63) is 57.9 Å². The first-order valence-corrected chi connectivity index (χ1v) is 7.47. The molecule has 2 aromatic carbocycles. The van der Waals surface area contributed by atoms with Gasteiger partial charge in [-0.3, -0.25) is 10.1 Å². The zero-order valence-corrected chi connectivity index (χ0v) is 13.2. The van der Waals surface area contributed by atoms with Crippen LogP contribution < -0.4 is 9.47 Å². The number of ether oxygens (including phenoxy) is 2. The van der Waals surface area contributed by atoms with E-state index in [9.17, 15) is 23.3 Å². The number of nitrogens with zero attached hydrogens (tertiary/aromatic N) is 1. The lowest BCUT2D eigenvalue weighted by Crippen LogP contribution is -2.00. The van der Waals surface area contributed by atoms with Crippen molar-refractivity contribution in [2.24, 2.45) is 0 Å². The van der Waals surface area contributed by atoms with Gasteiger partial charge >= 0.3 is 5.69 Å². The van der Waals surface area contributed by atoms with E-state index in [1.54, 1.807) is 0 Å². The van der Waals surface area contributed by atoms with Crippen LogP contribution in [0.15, 0.2) is 41.3 Å². The molecule has 0 bridgehead atoms. The third kappa shape index (κ3) is 4.54. The van der Waals surface area contributed by atoms with E-state index in [0.717, 1.165) is 18.2 Å². The molecule has 0 aromatic heterocycles. The molecule has 2 rings (SSSR count). The summed E-state index contributed by atoms with van der Waals surface area (Å²) in [5.41, 5.74) is 0.164. The fourth-order valence-electron chi connectivity index (χ4n) is 1.91. The summed E-state index contributed by atoms with van der Waals surface area (Å²) >= 11 is 0.343. The van der Waals surface area contributed by atoms with Crippen LogP contribution in [0.3, 0.4) is 0 Å². The van der Waals surface area contributed by atoms with Crippen LogP contribution >= 0.6 is 11.8 Å². The molecule has 0 saturated heterocycles. The number of alkyl halides is 2. The maximum atomic E-state index is 13.2. The van der Waals surface area contributed by atoms with Crippen LogP contribution in [0.25, 0.3) is 0 Å². The van der Waals surface area contributed by atoms with E-state index in [-0.39, 0.29) is 28.7 Å². The lowest BCUT2D eigenvalue weighted by Gasteiger charge is -2.11. The largest absolute Gasteiger partial charge is 0.496 e. The molecule has 0 atom stereocenters. The number of halogens is 3. The van der Waals surface area contributed by atoms with Gasteiger partial charge in [0.05, 0.1) is 16.9 Å². The maximum absolute atomic E-state index is 13.2. The van der Waals surface area contributed by atoms with Crippen LogP contribution in [0.5, 0.6) is 11.5 Å². The topological polar surface area (TPSA) is 61.6 Å². The predicted molar refractivity (Wildman–Crippen MR) is 82.2 cm³/mol. The average Bonchev–Trinajstić information content (AvgIpc) is 2.53. The van der Waals surface area contributed by atoms with Gasteiger partial charge in [0.25, 0.3) is 5.76 Å². The van der Waals surface area contributed by atoms with Crippen molar-refractivity contribution in [3.63, 3.8) is 0 Å². The summed E-state index contributed by atoms with van der Waals surface area (Å²) in [6, 6.07) is 7.33. The number of nitro benzene ring substituents is 1. The molecule has 0 radical (unpaired) electrons.